The fraction of sp³-hybridized carbons (Fsp3) is 0.250. The van der Waals surface area contributed by atoms with E-state index in [0.717, 1.165) is 15.7 Å². The number of oxime groups is 1. The van der Waals surface area contributed by atoms with Crippen molar-refractivity contribution in [2.45, 2.75) is 18.0 Å². The number of rotatable bonds is 7. The molecule has 1 fully saturated rings. The summed E-state index contributed by atoms with van der Waals surface area (Å²) in [5.41, 5.74) is 5.40. The molecule has 2 aliphatic heterocycles. The SMILES string of the molecule is CON=C(C(=O)NC1C(=O)N2C(C(=O)[O-])=C(C[n+]3ccc4cscc4c3)CS[C@@H]12)c1noc(N)n1. The van der Waals surface area contributed by atoms with Gasteiger partial charge in [-0.1, -0.05) is 10.3 Å². The lowest BCUT2D eigenvalue weighted by Gasteiger charge is -2.50. The summed E-state index contributed by atoms with van der Waals surface area (Å²) in [6.07, 6.45) is 3.78. The maximum absolute atomic E-state index is 12.9. The molecule has 5 heterocycles. The highest BCUT2D eigenvalue weighted by Gasteiger charge is 2.53. The normalized spacial score (nSPS) is 20.0. The Balaban J connectivity index is 1.36. The summed E-state index contributed by atoms with van der Waals surface area (Å²) >= 11 is 2.91. The van der Waals surface area contributed by atoms with Gasteiger partial charge < -0.3 is 30.3 Å². The molecular formula is C20H17N7O6S2. The molecule has 3 aromatic heterocycles. The van der Waals surface area contributed by atoms with Gasteiger partial charge in [-0.25, -0.2) is 4.57 Å². The number of thioether (sulfide) groups is 1. The van der Waals surface area contributed by atoms with Gasteiger partial charge in [-0.15, -0.1) is 11.8 Å². The Bertz CT molecular complexity index is 1410. The summed E-state index contributed by atoms with van der Waals surface area (Å²) in [6.45, 7) is 0.277. The number of hydrogen-bond acceptors (Lipinski definition) is 12. The summed E-state index contributed by atoms with van der Waals surface area (Å²) in [7, 11) is 1.22. The van der Waals surface area contributed by atoms with E-state index in [9.17, 15) is 19.5 Å². The Morgan fingerprint density at radius 1 is 1.43 bits per heavy atom. The first-order chi connectivity index (χ1) is 16.9. The van der Waals surface area contributed by atoms with Crippen LogP contribution in [0.3, 0.4) is 0 Å². The first-order valence-electron chi connectivity index (χ1n) is 10.1. The third kappa shape index (κ3) is 4.08. The van der Waals surface area contributed by atoms with Crippen LogP contribution >= 0.6 is 23.1 Å². The minimum Gasteiger partial charge on any atom is -0.543 e. The number of aliphatic carboxylic acids is 1. The Kier molecular flexibility index (Phi) is 5.86. The number of hydrogen-bond donors (Lipinski definition) is 2. The number of carboxylic acid groups (broad SMARTS) is 1. The fourth-order valence-corrected chi connectivity index (χ4v) is 5.99. The molecular weight excluding hydrogens is 498 g/mol. The van der Waals surface area contributed by atoms with Gasteiger partial charge in [0.25, 0.3) is 11.8 Å². The Morgan fingerprint density at radius 2 is 2.23 bits per heavy atom. The third-order valence-corrected chi connectivity index (χ3v) is 7.55. The van der Waals surface area contributed by atoms with Gasteiger partial charge in [0.15, 0.2) is 18.9 Å². The van der Waals surface area contributed by atoms with Crippen LogP contribution in [0.4, 0.5) is 6.01 Å². The monoisotopic (exact) mass is 515 g/mol. The number of nitrogens with zero attached hydrogens (tertiary/aromatic N) is 5. The lowest BCUT2D eigenvalue weighted by molar-refractivity contribution is -0.687. The maximum Gasteiger partial charge on any atom is 0.319 e. The number of β-lactam (4-membered cyclic amide) rings is 1. The molecule has 0 radical (unpaired) electrons. The highest BCUT2D eigenvalue weighted by atomic mass is 32.2. The fourth-order valence-electron chi connectivity index (χ4n) is 3.88. The summed E-state index contributed by atoms with van der Waals surface area (Å²) in [4.78, 5) is 47.3. The van der Waals surface area contributed by atoms with E-state index in [1.54, 1.807) is 11.3 Å². The van der Waals surface area contributed by atoms with E-state index in [-0.39, 0.29) is 29.8 Å². The van der Waals surface area contributed by atoms with Crippen molar-refractivity contribution in [3.8, 4) is 0 Å². The highest BCUT2D eigenvalue weighted by Crippen LogP contribution is 2.40. The van der Waals surface area contributed by atoms with E-state index < -0.39 is 29.2 Å². The van der Waals surface area contributed by atoms with Crippen LogP contribution < -0.4 is 20.7 Å². The number of thiophene rings is 1. The van der Waals surface area contributed by atoms with Crippen LogP contribution in [0.25, 0.3) is 10.8 Å². The van der Waals surface area contributed by atoms with Crippen LogP contribution in [0.5, 0.6) is 0 Å². The van der Waals surface area contributed by atoms with Gasteiger partial charge in [-0.2, -0.15) is 16.3 Å². The zero-order chi connectivity index (χ0) is 24.7. The number of amides is 2. The number of pyridine rings is 1. The molecule has 180 valence electrons. The predicted molar refractivity (Wildman–Crippen MR) is 121 cm³/mol. The molecule has 0 aromatic carbocycles. The zero-order valence-corrected chi connectivity index (χ0v) is 19.7. The third-order valence-electron chi connectivity index (χ3n) is 5.43. The average Bonchev–Trinajstić information content (AvgIpc) is 3.48. The van der Waals surface area contributed by atoms with E-state index in [1.807, 2.05) is 33.8 Å². The minimum absolute atomic E-state index is 0.182. The minimum atomic E-state index is -1.45. The molecule has 2 aliphatic rings. The lowest BCUT2D eigenvalue weighted by Crippen LogP contribution is -2.71. The number of carboxylic acids is 1. The van der Waals surface area contributed by atoms with Crippen LogP contribution in [0.1, 0.15) is 5.82 Å². The smallest absolute Gasteiger partial charge is 0.319 e. The number of nitrogens with one attached hydrogen (secondary N) is 1. The summed E-state index contributed by atoms with van der Waals surface area (Å²) < 4.78 is 6.52. The van der Waals surface area contributed by atoms with E-state index in [0.29, 0.717) is 11.3 Å². The number of nitrogen functional groups attached to an aromatic ring is 1. The van der Waals surface area contributed by atoms with Crippen LogP contribution in [-0.2, 0) is 25.8 Å². The molecule has 3 aromatic rings. The second kappa shape index (κ2) is 8.99. The lowest BCUT2D eigenvalue weighted by atomic mass is 10.0. The number of nitrogens with two attached hydrogens (primary N) is 1. The van der Waals surface area contributed by atoms with E-state index in [1.165, 1.54) is 18.9 Å². The molecule has 3 N–H and O–H groups in total. The van der Waals surface area contributed by atoms with Crippen LogP contribution in [0, 0.1) is 0 Å². The predicted octanol–water partition coefficient (Wildman–Crippen LogP) is -1.39. The molecule has 13 nitrogen and oxygen atoms in total. The number of anilines is 1. The van der Waals surface area contributed by atoms with Gasteiger partial charge >= 0.3 is 6.01 Å². The van der Waals surface area contributed by atoms with Crippen molar-refractivity contribution in [1.29, 1.82) is 0 Å². The molecule has 1 unspecified atom stereocenters. The highest BCUT2D eigenvalue weighted by molar-refractivity contribution is 8.00. The number of carbonyl (C=O) groups excluding carboxylic acids is 3. The maximum atomic E-state index is 12.9. The number of aromatic nitrogens is 3. The van der Waals surface area contributed by atoms with Crippen LogP contribution in [-0.4, -0.2) is 62.8 Å². The van der Waals surface area contributed by atoms with Gasteiger partial charge in [0, 0.05) is 28.2 Å². The molecule has 2 amide bonds. The second-order valence-electron chi connectivity index (χ2n) is 7.58. The van der Waals surface area contributed by atoms with Gasteiger partial charge in [0.05, 0.1) is 17.1 Å². The van der Waals surface area contributed by atoms with Crippen molar-refractivity contribution >= 4 is 63.4 Å². The van der Waals surface area contributed by atoms with E-state index >= 15 is 0 Å². The van der Waals surface area contributed by atoms with Crippen molar-refractivity contribution in [2.24, 2.45) is 5.16 Å². The van der Waals surface area contributed by atoms with Gasteiger partial charge in [-0.05, 0) is 5.38 Å². The van der Waals surface area contributed by atoms with Gasteiger partial charge in [-0.3, -0.25) is 14.5 Å². The van der Waals surface area contributed by atoms with Crippen molar-refractivity contribution in [1.82, 2.24) is 20.4 Å². The zero-order valence-electron chi connectivity index (χ0n) is 18.0. The van der Waals surface area contributed by atoms with Crippen molar-refractivity contribution in [2.75, 3.05) is 18.6 Å². The average molecular weight is 516 g/mol. The quantitative estimate of drug-likeness (QED) is 0.165. The molecule has 0 saturated carbocycles. The van der Waals surface area contributed by atoms with E-state index in [2.05, 4.69) is 30.0 Å². The van der Waals surface area contributed by atoms with Crippen LogP contribution in [0.15, 0.2) is 50.2 Å². The first kappa shape index (κ1) is 22.8. The molecule has 35 heavy (non-hydrogen) atoms. The van der Waals surface area contributed by atoms with Crippen molar-refractivity contribution < 1.29 is 33.4 Å². The van der Waals surface area contributed by atoms with Gasteiger partial charge in [0.1, 0.15) is 18.5 Å². The summed E-state index contributed by atoms with van der Waals surface area (Å²) in [5, 5.41) is 27.2. The molecule has 5 rings (SSSR count). The number of carbonyl (C=O) groups is 3. The topological polar surface area (TPSA) is 180 Å². The van der Waals surface area contributed by atoms with Crippen molar-refractivity contribution in [3.63, 3.8) is 0 Å². The Hall–Kier alpha value is -3.98. The molecule has 15 heteroatoms. The largest absolute Gasteiger partial charge is 0.543 e. The Morgan fingerprint density at radius 3 is 2.94 bits per heavy atom. The molecule has 2 atom stereocenters. The second-order valence-corrected chi connectivity index (χ2v) is 9.43. The van der Waals surface area contributed by atoms with Crippen molar-refractivity contribution in [3.05, 3.63) is 46.3 Å². The van der Waals surface area contributed by atoms with Gasteiger partial charge in [0.2, 0.25) is 11.5 Å². The molecule has 0 spiro atoms. The standard InChI is InChI=1S/C20H17N7O6S2/c1-32-24-12(15-23-20(21)33-25-15)16(28)22-13-17(29)27-14(19(30)31)11(8-35-18(13)27)5-26-3-2-9-6-34-7-10(9)4-26/h2-4,6-7,13,18H,5,8H2,1H3,(H3-,21,22,23,25,28,30,31)/t13?,18-/m0/s1. The Labute approximate surface area is 205 Å². The number of fused-ring (bicyclic) bond motifs is 2. The summed E-state index contributed by atoms with van der Waals surface area (Å²) in [6, 6.07) is 0.669. The first-order valence-corrected chi connectivity index (χ1v) is 12.1. The molecule has 0 aliphatic carbocycles. The molecule has 0 bridgehead atoms. The van der Waals surface area contributed by atoms with E-state index in [4.69, 9.17) is 5.73 Å². The van der Waals surface area contributed by atoms with Crippen LogP contribution in [0.2, 0.25) is 0 Å². The molecule has 1 saturated heterocycles. The summed E-state index contributed by atoms with van der Waals surface area (Å²) in [5.74, 6) is -2.74.